The van der Waals surface area contributed by atoms with Crippen LogP contribution in [0.15, 0.2) is 53.6 Å². The van der Waals surface area contributed by atoms with Crippen LogP contribution in [0.3, 0.4) is 0 Å². The predicted octanol–water partition coefficient (Wildman–Crippen LogP) is 2.81. The van der Waals surface area contributed by atoms with Crippen molar-refractivity contribution >= 4 is 23.2 Å². The van der Waals surface area contributed by atoms with Crippen molar-refractivity contribution in [3.05, 3.63) is 65.5 Å². The van der Waals surface area contributed by atoms with Crippen molar-refractivity contribution in [2.45, 2.75) is 19.4 Å². The molecule has 0 spiro atoms. The van der Waals surface area contributed by atoms with Crippen LogP contribution in [0.1, 0.15) is 24.0 Å². The fourth-order valence-corrected chi connectivity index (χ4v) is 2.52. The van der Waals surface area contributed by atoms with E-state index in [0.29, 0.717) is 16.8 Å². The maximum Gasteiger partial charge on any atom is 0.271 e. The average molecular weight is 350 g/mol. The lowest BCUT2D eigenvalue weighted by molar-refractivity contribution is -0.132. The van der Waals surface area contributed by atoms with Crippen LogP contribution in [0.2, 0.25) is 0 Å². The summed E-state index contributed by atoms with van der Waals surface area (Å²) in [6.07, 6.45) is 0.411. The van der Waals surface area contributed by atoms with Gasteiger partial charge in [-0.25, -0.2) is 9.40 Å². The highest BCUT2D eigenvalue weighted by Gasteiger charge is 2.24. The summed E-state index contributed by atoms with van der Waals surface area (Å²) < 4.78 is 13.0. The molecular weight excluding hydrogens is 335 g/mol. The molecule has 2 amide bonds. The van der Waals surface area contributed by atoms with E-state index in [0.717, 1.165) is 0 Å². The number of carbonyl (C=O) groups excluding carboxylic acids is 2. The molecule has 0 saturated heterocycles. The average Bonchev–Trinajstić information content (AvgIpc) is 2.65. The normalized spacial score (nSPS) is 13.8. The third-order valence-corrected chi connectivity index (χ3v) is 3.86. The molecule has 2 aromatic rings. The standard InChI is InChI=1S/C19H15FN4O2/c20-15-6-4-13(5-7-15)12-24-18(25)9-8-17(23-24)19(26)22-16-3-1-2-14(10-16)11-21/h1-7,10H,8-9,12H2,(H,22,26). The summed E-state index contributed by atoms with van der Waals surface area (Å²) in [6, 6.07) is 14.3. The predicted molar refractivity (Wildman–Crippen MR) is 93.4 cm³/mol. The van der Waals surface area contributed by atoms with Crippen LogP contribution in [-0.2, 0) is 16.1 Å². The van der Waals surface area contributed by atoms with Crippen LogP contribution in [0.25, 0.3) is 0 Å². The first-order valence-corrected chi connectivity index (χ1v) is 7.99. The zero-order valence-electron chi connectivity index (χ0n) is 13.8. The van der Waals surface area contributed by atoms with Crippen LogP contribution < -0.4 is 5.32 Å². The highest BCUT2D eigenvalue weighted by Crippen LogP contribution is 2.16. The number of hydrogen-bond acceptors (Lipinski definition) is 4. The Bertz CT molecular complexity index is 916. The third-order valence-electron chi connectivity index (χ3n) is 3.86. The van der Waals surface area contributed by atoms with Gasteiger partial charge in [-0.3, -0.25) is 9.59 Å². The number of anilines is 1. The molecular formula is C19H15FN4O2. The number of nitrogens with one attached hydrogen (secondary N) is 1. The van der Waals surface area contributed by atoms with Gasteiger partial charge in [-0.15, -0.1) is 0 Å². The highest BCUT2D eigenvalue weighted by molar-refractivity contribution is 6.43. The summed E-state index contributed by atoms with van der Waals surface area (Å²) in [5, 5.41) is 17.0. The molecule has 0 aliphatic carbocycles. The smallest absolute Gasteiger partial charge is 0.271 e. The summed E-state index contributed by atoms with van der Waals surface area (Å²) in [5.74, 6) is -0.976. The first-order valence-electron chi connectivity index (χ1n) is 7.99. The van der Waals surface area contributed by atoms with E-state index in [9.17, 15) is 14.0 Å². The molecule has 1 heterocycles. The molecule has 26 heavy (non-hydrogen) atoms. The van der Waals surface area contributed by atoms with Crippen LogP contribution in [0.5, 0.6) is 0 Å². The van der Waals surface area contributed by atoms with Gasteiger partial charge in [0.15, 0.2) is 0 Å². The molecule has 3 rings (SSSR count). The Morgan fingerprint density at radius 1 is 1.23 bits per heavy atom. The van der Waals surface area contributed by atoms with Crippen molar-refractivity contribution in [2.75, 3.05) is 5.32 Å². The fraction of sp³-hybridized carbons (Fsp3) is 0.158. The quantitative estimate of drug-likeness (QED) is 0.920. The maximum absolute atomic E-state index is 13.0. The lowest BCUT2D eigenvalue weighted by atomic mass is 10.1. The molecule has 1 N–H and O–H groups in total. The monoisotopic (exact) mass is 350 g/mol. The first-order chi connectivity index (χ1) is 12.5. The second kappa shape index (κ2) is 7.57. The molecule has 6 nitrogen and oxygen atoms in total. The molecule has 0 unspecified atom stereocenters. The largest absolute Gasteiger partial charge is 0.321 e. The SMILES string of the molecule is N#Cc1cccc(NC(=O)C2=NN(Cc3ccc(F)cc3)C(=O)CC2)c1. The van der Waals surface area contributed by atoms with Gasteiger partial charge < -0.3 is 5.32 Å². The number of carbonyl (C=O) groups is 2. The van der Waals surface area contributed by atoms with Crippen molar-refractivity contribution in [2.24, 2.45) is 5.10 Å². The molecule has 0 aromatic heterocycles. The number of hydrazone groups is 1. The van der Waals surface area contributed by atoms with E-state index in [2.05, 4.69) is 10.4 Å². The molecule has 130 valence electrons. The van der Waals surface area contributed by atoms with Gasteiger partial charge in [0.1, 0.15) is 11.5 Å². The Morgan fingerprint density at radius 3 is 2.73 bits per heavy atom. The lowest BCUT2D eigenvalue weighted by Crippen LogP contribution is -2.36. The Kier molecular flexibility index (Phi) is 5.04. The van der Waals surface area contributed by atoms with Gasteiger partial charge in [0.05, 0.1) is 18.2 Å². The number of nitriles is 1. The number of halogens is 1. The van der Waals surface area contributed by atoms with E-state index in [1.165, 1.54) is 17.1 Å². The second-order valence-corrected chi connectivity index (χ2v) is 5.77. The van der Waals surface area contributed by atoms with Crippen molar-refractivity contribution in [3.8, 4) is 6.07 Å². The summed E-state index contributed by atoms with van der Waals surface area (Å²) in [6.45, 7) is 0.166. The Hall–Kier alpha value is -3.53. The summed E-state index contributed by atoms with van der Waals surface area (Å²) in [4.78, 5) is 24.5. The molecule has 2 aromatic carbocycles. The van der Waals surface area contributed by atoms with Crippen LogP contribution >= 0.6 is 0 Å². The Labute approximate surface area is 149 Å². The lowest BCUT2D eigenvalue weighted by Gasteiger charge is -2.23. The molecule has 1 aliphatic heterocycles. The van der Waals surface area contributed by atoms with Gasteiger partial charge >= 0.3 is 0 Å². The summed E-state index contributed by atoms with van der Waals surface area (Å²) in [5.41, 5.74) is 1.86. The van der Waals surface area contributed by atoms with Crippen molar-refractivity contribution < 1.29 is 14.0 Å². The highest BCUT2D eigenvalue weighted by atomic mass is 19.1. The minimum absolute atomic E-state index is 0.166. The Morgan fingerprint density at radius 2 is 2.00 bits per heavy atom. The topological polar surface area (TPSA) is 85.6 Å². The van der Waals surface area contributed by atoms with Crippen LogP contribution in [-0.4, -0.2) is 22.5 Å². The van der Waals surface area contributed by atoms with Crippen LogP contribution in [0.4, 0.5) is 10.1 Å². The van der Waals surface area contributed by atoms with Gasteiger partial charge in [0.2, 0.25) is 5.91 Å². The van der Waals surface area contributed by atoms with Crippen molar-refractivity contribution in [1.82, 2.24) is 5.01 Å². The number of rotatable bonds is 4. The van der Waals surface area contributed by atoms with E-state index in [1.807, 2.05) is 6.07 Å². The summed E-state index contributed by atoms with van der Waals surface area (Å²) >= 11 is 0. The molecule has 1 aliphatic rings. The number of hydrogen-bond donors (Lipinski definition) is 1. The molecule has 0 atom stereocenters. The zero-order valence-corrected chi connectivity index (χ0v) is 13.8. The van der Waals surface area contributed by atoms with Gasteiger partial charge in [0, 0.05) is 18.5 Å². The number of amides is 2. The van der Waals surface area contributed by atoms with E-state index in [1.54, 1.807) is 36.4 Å². The van der Waals surface area contributed by atoms with E-state index < -0.39 is 5.91 Å². The van der Waals surface area contributed by atoms with Gasteiger partial charge in [-0.1, -0.05) is 18.2 Å². The fourth-order valence-electron chi connectivity index (χ4n) is 2.52. The third kappa shape index (κ3) is 4.11. The second-order valence-electron chi connectivity index (χ2n) is 5.77. The molecule has 7 heteroatoms. The van der Waals surface area contributed by atoms with E-state index in [4.69, 9.17) is 5.26 Å². The van der Waals surface area contributed by atoms with Crippen LogP contribution in [0, 0.1) is 17.1 Å². The van der Waals surface area contributed by atoms with E-state index >= 15 is 0 Å². The van der Waals surface area contributed by atoms with Gasteiger partial charge in [0.25, 0.3) is 5.91 Å². The zero-order chi connectivity index (χ0) is 18.5. The molecule has 0 bridgehead atoms. The van der Waals surface area contributed by atoms with Crippen molar-refractivity contribution in [1.29, 1.82) is 5.26 Å². The number of nitrogens with zero attached hydrogens (tertiary/aromatic N) is 3. The first kappa shape index (κ1) is 17.3. The number of benzene rings is 2. The minimum atomic E-state index is -0.420. The Balaban J connectivity index is 1.73. The summed E-state index contributed by atoms with van der Waals surface area (Å²) in [7, 11) is 0. The minimum Gasteiger partial charge on any atom is -0.321 e. The molecule has 0 radical (unpaired) electrons. The molecule has 0 saturated carbocycles. The maximum atomic E-state index is 13.0. The van der Waals surface area contributed by atoms with Gasteiger partial charge in [-0.05, 0) is 35.9 Å². The molecule has 0 fully saturated rings. The van der Waals surface area contributed by atoms with Gasteiger partial charge in [-0.2, -0.15) is 10.4 Å². The van der Waals surface area contributed by atoms with Crippen molar-refractivity contribution in [3.63, 3.8) is 0 Å². The van der Waals surface area contributed by atoms with E-state index in [-0.39, 0.29) is 36.8 Å².